The van der Waals surface area contributed by atoms with Crippen LogP contribution in [-0.4, -0.2) is 39.0 Å². The molecule has 2 aromatic rings. The number of benzene rings is 2. The van der Waals surface area contributed by atoms with E-state index in [1.54, 1.807) is 24.3 Å². The van der Waals surface area contributed by atoms with Gasteiger partial charge in [0.15, 0.2) is 6.61 Å². The molecule has 0 bridgehead atoms. The van der Waals surface area contributed by atoms with Gasteiger partial charge in [-0.3, -0.25) is 10.1 Å². The van der Waals surface area contributed by atoms with E-state index in [-0.39, 0.29) is 23.0 Å². The maximum absolute atomic E-state index is 12.6. The van der Waals surface area contributed by atoms with E-state index in [0.717, 1.165) is 37.7 Å². The molecule has 2 aromatic carbocycles. The molecule has 0 saturated heterocycles. The zero-order valence-corrected chi connectivity index (χ0v) is 18.9. The van der Waals surface area contributed by atoms with E-state index in [1.165, 1.54) is 24.3 Å². The number of imide groups is 1. The standard InChI is InChI=1S/C23H27N3O6S/c27-21(26-23(29)25-19-11-5-2-6-12-19)16-32-22(28)18-10-7-13-20(14-18)33(30,31)24-15-17-8-3-1-4-9-17/h1,3-4,7-10,13-14,19,24H,2,5-6,11-12,15-16H2,(H2,25,26,27,29). The Bertz CT molecular complexity index is 1080. The van der Waals surface area contributed by atoms with Crippen molar-refractivity contribution in [1.82, 2.24) is 15.4 Å². The molecule has 10 heteroatoms. The lowest BCUT2D eigenvalue weighted by atomic mass is 9.96. The van der Waals surface area contributed by atoms with Crippen molar-refractivity contribution in [3.05, 3.63) is 65.7 Å². The first-order chi connectivity index (χ1) is 15.8. The predicted molar refractivity (Wildman–Crippen MR) is 121 cm³/mol. The normalized spacial score (nSPS) is 14.3. The van der Waals surface area contributed by atoms with Gasteiger partial charge in [-0.15, -0.1) is 0 Å². The van der Waals surface area contributed by atoms with Crippen molar-refractivity contribution in [3.8, 4) is 0 Å². The molecule has 1 aliphatic rings. The Morgan fingerprint density at radius 1 is 0.939 bits per heavy atom. The minimum Gasteiger partial charge on any atom is -0.452 e. The molecule has 0 aromatic heterocycles. The van der Waals surface area contributed by atoms with Crippen LogP contribution in [0.1, 0.15) is 48.0 Å². The smallest absolute Gasteiger partial charge is 0.338 e. The number of hydrogen-bond acceptors (Lipinski definition) is 6. The number of urea groups is 1. The average molecular weight is 474 g/mol. The third-order valence-corrected chi connectivity index (χ3v) is 6.62. The zero-order chi connectivity index (χ0) is 23.7. The van der Waals surface area contributed by atoms with Gasteiger partial charge in [0.05, 0.1) is 10.5 Å². The molecule has 0 aliphatic heterocycles. The highest BCUT2D eigenvalue weighted by atomic mass is 32.2. The lowest BCUT2D eigenvalue weighted by Gasteiger charge is -2.22. The van der Waals surface area contributed by atoms with Gasteiger partial charge in [-0.2, -0.15) is 0 Å². The Morgan fingerprint density at radius 3 is 2.39 bits per heavy atom. The molecule has 0 heterocycles. The van der Waals surface area contributed by atoms with Crippen LogP contribution < -0.4 is 15.4 Å². The third kappa shape index (κ3) is 7.69. The summed E-state index contributed by atoms with van der Waals surface area (Å²) in [6.45, 7) is -0.568. The van der Waals surface area contributed by atoms with Crippen molar-refractivity contribution in [3.63, 3.8) is 0 Å². The van der Waals surface area contributed by atoms with Crippen LogP contribution in [0.15, 0.2) is 59.5 Å². The van der Waals surface area contributed by atoms with E-state index in [1.807, 2.05) is 6.07 Å². The summed E-state index contributed by atoms with van der Waals surface area (Å²) in [7, 11) is -3.87. The Morgan fingerprint density at radius 2 is 1.67 bits per heavy atom. The van der Waals surface area contributed by atoms with E-state index in [0.29, 0.717) is 0 Å². The van der Waals surface area contributed by atoms with E-state index < -0.39 is 34.5 Å². The van der Waals surface area contributed by atoms with Gasteiger partial charge in [0.25, 0.3) is 5.91 Å². The number of nitrogens with one attached hydrogen (secondary N) is 3. The van der Waals surface area contributed by atoms with Gasteiger partial charge < -0.3 is 10.1 Å². The summed E-state index contributed by atoms with van der Waals surface area (Å²) in [5.74, 6) is -1.65. The largest absolute Gasteiger partial charge is 0.452 e. The highest BCUT2D eigenvalue weighted by Crippen LogP contribution is 2.17. The molecular formula is C23H27N3O6S. The minimum atomic E-state index is -3.87. The highest BCUT2D eigenvalue weighted by molar-refractivity contribution is 7.89. The van der Waals surface area contributed by atoms with Crippen LogP contribution in [0.25, 0.3) is 0 Å². The Labute approximate surface area is 193 Å². The summed E-state index contributed by atoms with van der Waals surface area (Å²) in [6.07, 6.45) is 4.95. The number of esters is 1. The van der Waals surface area contributed by atoms with E-state index in [4.69, 9.17) is 4.74 Å². The third-order valence-electron chi connectivity index (χ3n) is 5.22. The molecular weight excluding hydrogens is 446 g/mol. The molecule has 3 rings (SSSR count). The van der Waals surface area contributed by atoms with Crippen LogP contribution in [0, 0.1) is 0 Å². The van der Waals surface area contributed by atoms with E-state index >= 15 is 0 Å². The lowest BCUT2D eigenvalue weighted by molar-refractivity contribution is -0.123. The molecule has 176 valence electrons. The maximum Gasteiger partial charge on any atom is 0.338 e. The molecule has 1 aliphatic carbocycles. The van der Waals surface area contributed by atoms with Gasteiger partial charge in [-0.25, -0.2) is 22.7 Å². The molecule has 33 heavy (non-hydrogen) atoms. The monoisotopic (exact) mass is 473 g/mol. The first kappa shape index (κ1) is 24.4. The second kappa shape index (κ2) is 11.6. The van der Waals surface area contributed by atoms with Crippen molar-refractivity contribution in [2.75, 3.05) is 6.61 Å². The Balaban J connectivity index is 1.50. The molecule has 1 fully saturated rings. The van der Waals surface area contributed by atoms with E-state index in [9.17, 15) is 22.8 Å². The second-order valence-electron chi connectivity index (χ2n) is 7.77. The van der Waals surface area contributed by atoms with Crippen LogP contribution >= 0.6 is 0 Å². The van der Waals surface area contributed by atoms with Gasteiger partial charge in [-0.1, -0.05) is 55.7 Å². The van der Waals surface area contributed by atoms with Crippen molar-refractivity contribution >= 4 is 27.9 Å². The summed E-state index contributed by atoms with van der Waals surface area (Å²) in [5, 5.41) is 4.86. The van der Waals surface area contributed by atoms with Crippen LogP contribution in [0.5, 0.6) is 0 Å². The van der Waals surface area contributed by atoms with Crippen LogP contribution in [-0.2, 0) is 26.1 Å². The fourth-order valence-corrected chi connectivity index (χ4v) is 4.56. The van der Waals surface area contributed by atoms with Gasteiger partial charge in [-0.05, 0) is 36.6 Å². The predicted octanol–water partition coefficient (Wildman–Crippen LogP) is 2.48. The molecule has 0 unspecified atom stereocenters. The summed E-state index contributed by atoms with van der Waals surface area (Å²) < 4.78 is 32.5. The topological polar surface area (TPSA) is 131 Å². The summed E-state index contributed by atoms with van der Waals surface area (Å²) in [5.41, 5.74) is 0.757. The number of ether oxygens (including phenoxy) is 1. The first-order valence-electron chi connectivity index (χ1n) is 10.7. The van der Waals surface area contributed by atoms with Crippen LogP contribution in [0.4, 0.5) is 4.79 Å². The zero-order valence-electron chi connectivity index (χ0n) is 18.1. The highest BCUT2D eigenvalue weighted by Gasteiger charge is 2.19. The number of sulfonamides is 1. The summed E-state index contributed by atoms with van der Waals surface area (Å²) in [4.78, 5) is 36.0. The first-order valence-corrected chi connectivity index (χ1v) is 12.2. The van der Waals surface area contributed by atoms with Crippen molar-refractivity contribution in [1.29, 1.82) is 0 Å². The van der Waals surface area contributed by atoms with Crippen molar-refractivity contribution < 1.29 is 27.5 Å². The summed E-state index contributed by atoms with van der Waals surface area (Å²) >= 11 is 0. The van der Waals surface area contributed by atoms with Gasteiger partial charge in [0.1, 0.15) is 0 Å². The SMILES string of the molecule is O=C(COC(=O)c1cccc(S(=O)(=O)NCc2ccccc2)c1)NC(=O)NC1CCCCC1. The molecule has 0 atom stereocenters. The number of rotatable bonds is 8. The Hall–Kier alpha value is -3.24. The Kier molecular flexibility index (Phi) is 8.56. The lowest BCUT2D eigenvalue weighted by Crippen LogP contribution is -2.46. The molecule has 0 spiro atoms. The quantitative estimate of drug-likeness (QED) is 0.505. The minimum absolute atomic E-state index is 0.0305. The number of amides is 3. The van der Waals surface area contributed by atoms with Crippen molar-refractivity contribution in [2.45, 2.75) is 49.6 Å². The maximum atomic E-state index is 12.6. The molecule has 1 saturated carbocycles. The van der Waals surface area contributed by atoms with Crippen LogP contribution in [0.2, 0.25) is 0 Å². The fourth-order valence-electron chi connectivity index (χ4n) is 3.49. The number of carbonyl (C=O) groups excluding carboxylic acids is 3. The summed E-state index contributed by atoms with van der Waals surface area (Å²) in [6, 6.07) is 13.7. The number of carbonyl (C=O) groups is 3. The average Bonchev–Trinajstić information content (AvgIpc) is 2.82. The number of hydrogen-bond donors (Lipinski definition) is 3. The molecule has 9 nitrogen and oxygen atoms in total. The van der Waals surface area contributed by atoms with Crippen LogP contribution in [0.3, 0.4) is 0 Å². The molecule has 0 radical (unpaired) electrons. The van der Waals surface area contributed by atoms with Gasteiger partial charge in [0.2, 0.25) is 10.0 Å². The van der Waals surface area contributed by atoms with Gasteiger partial charge in [0, 0.05) is 12.6 Å². The molecule has 3 N–H and O–H groups in total. The van der Waals surface area contributed by atoms with Crippen molar-refractivity contribution in [2.24, 2.45) is 0 Å². The second-order valence-corrected chi connectivity index (χ2v) is 9.54. The van der Waals surface area contributed by atoms with E-state index in [2.05, 4.69) is 15.4 Å². The van der Waals surface area contributed by atoms with Gasteiger partial charge >= 0.3 is 12.0 Å². The molecule has 3 amide bonds. The fraction of sp³-hybridized carbons (Fsp3) is 0.348.